The SMILES string of the molecule is CC(=O)C[C@@H](NS(=O)C(C)(C)C)c1ccccc1. The zero-order valence-corrected chi connectivity index (χ0v) is 12.2. The Bertz CT molecular complexity index is 423. The second kappa shape index (κ2) is 6.25. The summed E-state index contributed by atoms with van der Waals surface area (Å²) in [5.41, 5.74) is 0.991. The first kappa shape index (κ1) is 15.1. The van der Waals surface area contributed by atoms with Gasteiger partial charge < -0.3 is 0 Å². The van der Waals surface area contributed by atoms with Crippen LogP contribution in [0.3, 0.4) is 0 Å². The van der Waals surface area contributed by atoms with Gasteiger partial charge in [0.15, 0.2) is 0 Å². The number of Topliss-reactive ketones (excluding diaryl/α,β-unsaturated/α-hetero) is 1. The Labute approximate surface area is 112 Å². The summed E-state index contributed by atoms with van der Waals surface area (Å²) in [5.74, 6) is 0.0854. The topological polar surface area (TPSA) is 46.2 Å². The summed E-state index contributed by atoms with van der Waals surface area (Å²) in [6, 6.07) is 9.47. The van der Waals surface area contributed by atoms with Crippen LogP contribution in [0.5, 0.6) is 0 Å². The maximum atomic E-state index is 12.1. The Morgan fingerprint density at radius 2 is 1.83 bits per heavy atom. The first-order valence-electron chi connectivity index (χ1n) is 6.03. The van der Waals surface area contributed by atoms with Gasteiger partial charge in [-0.25, -0.2) is 8.93 Å². The van der Waals surface area contributed by atoms with Crippen LogP contribution in [0.4, 0.5) is 0 Å². The maximum Gasteiger partial charge on any atom is 0.131 e. The largest absolute Gasteiger partial charge is 0.300 e. The average molecular weight is 267 g/mol. The Kier molecular flexibility index (Phi) is 5.23. The highest BCUT2D eigenvalue weighted by atomic mass is 32.2. The van der Waals surface area contributed by atoms with Crippen LogP contribution < -0.4 is 4.72 Å². The van der Waals surface area contributed by atoms with Gasteiger partial charge in [0.2, 0.25) is 0 Å². The van der Waals surface area contributed by atoms with Crippen LogP contribution >= 0.6 is 0 Å². The Morgan fingerprint density at radius 3 is 2.28 bits per heavy atom. The van der Waals surface area contributed by atoms with Crippen molar-refractivity contribution in [1.29, 1.82) is 0 Å². The number of nitrogens with one attached hydrogen (secondary N) is 1. The number of benzene rings is 1. The van der Waals surface area contributed by atoms with E-state index in [-0.39, 0.29) is 16.6 Å². The zero-order valence-electron chi connectivity index (χ0n) is 11.4. The molecule has 0 heterocycles. The predicted octanol–water partition coefficient (Wildman–Crippen LogP) is 2.76. The van der Waals surface area contributed by atoms with E-state index in [1.807, 2.05) is 51.1 Å². The second-order valence-corrected chi connectivity index (χ2v) is 7.37. The number of carbonyl (C=O) groups is 1. The van der Waals surface area contributed by atoms with E-state index in [1.54, 1.807) is 6.92 Å². The minimum Gasteiger partial charge on any atom is -0.300 e. The van der Waals surface area contributed by atoms with Gasteiger partial charge in [0.05, 0.1) is 21.8 Å². The molecule has 0 spiro atoms. The number of hydrogen-bond acceptors (Lipinski definition) is 2. The van der Waals surface area contributed by atoms with Gasteiger partial charge >= 0.3 is 0 Å². The van der Waals surface area contributed by atoms with E-state index in [4.69, 9.17) is 0 Å². The molecule has 1 unspecified atom stereocenters. The summed E-state index contributed by atoms with van der Waals surface area (Å²) in [7, 11) is -1.19. The smallest absolute Gasteiger partial charge is 0.131 e. The van der Waals surface area contributed by atoms with Gasteiger partial charge in [-0.2, -0.15) is 0 Å². The predicted molar refractivity (Wildman–Crippen MR) is 75.5 cm³/mol. The van der Waals surface area contributed by atoms with Crippen LogP contribution in [0.1, 0.15) is 45.7 Å². The zero-order chi connectivity index (χ0) is 13.8. The first-order valence-corrected chi connectivity index (χ1v) is 7.18. The van der Waals surface area contributed by atoms with Crippen LogP contribution in [0.15, 0.2) is 30.3 Å². The summed E-state index contributed by atoms with van der Waals surface area (Å²) in [4.78, 5) is 11.3. The average Bonchev–Trinajstić information content (AvgIpc) is 2.27. The first-order chi connectivity index (χ1) is 8.30. The molecule has 0 aliphatic rings. The van der Waals surface area contributed by atoms with E-state index in [0.717, 1.165) is 5.56 Å². The van der Waals surface area contributed by atoms with Gasteiger partial charge in [-0.1, -0.05) is 30.3 Å². The van der Waals surface area contributed by atoms with Gasteiger partial charge in [0.25, 0.3) is 0 Å². The van der Waals surface area contributed by atoms with E-state index < -0.39 is 11.0 Å². The fourth-order valence-corrected chi connectivity index (χ4v) is 2.34. The molecule has 0 saturated heterocycles. The molecule has 1 aromatic rings. The fourth-order valence-electron chi connectivity index (χ4n) is 1.51. The summed E-state index contributed by atoms with van der Waals surface area (Å²) in [6.07, 6.45) is 0.353. The van der Waals surface area contributed by atoms with Crippen molar-refractivity contribution < 1.29 is 9.00 Å². The van der Waals surface area contributed by atoms with E-state index >= 15 is 0 Å². The highest BCUT2D eigenvalue weighted by molar-refractivity contribution is 7.84. The standard InChI is InChI=1S/C14H21NO2S/c1-11(16)10-13(12-8-6-5-7-9-12)15-18(17)14(2,3)4/h5-9,13,15H,10H2,1-4H3/t13-,18?/m1/s1. The molecule has 1 rings (SSSR count). The Balaban J connectivity index is 2.87. The molecule has 0 amide bonds. The van der Waals surface area contributed by atoms with Crippen molar-refractivity contribution in [1.82, 2.24) is 4.72 Å². The molecule has 0 saturated carbocycles. The minimum atomic E-state index is -1.19. The molecule has 0 radical (unpaired) electrons. The normalized spacial score (nSPS) is 15.1. The van der Waals surface area contributed by atoms with Crippen molar-refractivity contribution in [2.75, 3.05) is 0 Å². The molecule has 0 fully saturated rings. The van der Waals surface area contributed by atoms with Gasteiger partial charge in [0.1, 0.15) is 5.78 Å². The summed E-state index contributed by atoms with van der Waals surface area (Å²) in [6.45, 7) is 7.28. The molecule has 2 atom stereocenters. The van der Waals surface area contributed by atoms with E-state index in [2.05, 4.69) is 4.72 Å². The highest BCUT2D eigenvalue weighted by Gasteiger charge is 2.24. The molecule has 4 heteroatoms. The van der Waals surface area contributed by atoms with Crippen molar-refractivity contribution in [2.45, 2.75) is 44.9 Å². The molecule has 18 heavy (non-hydrogen) atoms. The van der Waals surface area contributed by atoms with E-state index in [0.29, 0.717) is 6.42 Å². The van der Waals surface area contributed by atoms with Gasteiger partial charge in [-0.05, 0) is 33.3 Å². The third-order valence-corrected chi connectivity index (χ3v) is 4.11. The monoisotopic (exact) mass is 267 g/mol. The van der Waals surface area contributed by atoms with E-state index in [1.165, 1.54) is 0 Å². The molecule has 100 valence electrons. The second-order valence-electron chi connectivity index (χ2n) is 5.37. The lowest BCUT2D eigenvalue weighted by Crippen LogP contribution is -2.36. The lowest BCUT2D eigenvalue weighted by Gasteiger charge is -2.24. The highest BCUT2D eigenvalue weighted by Crippen LogP contribution is 2.20. The minimum absolute atomic E-state index is 0.0854. The lowest BCUT2D eigenvalue weighted by atomic mass is 10.0. The van der Waals surface area contributed by atoms with Gasteiger partial charge in [-0.3, -0.25) is 4.79 Å². The third-order valence-electron chi connectivity index (χ3n) is 2.50. The van der Waals surface area contributed by atoms with Crippen LogP contribution in [0.25, 0.3) is 0 Å². The van der Waals surface area contributed by atoms with Crippen molar-refractivity contribution in [2.24, 2.45) is 0 Å². The van der Waals surface area contributed by atoms with Crippen LogP contribution in [0.2, 0.25) is 0 Å². The molecule has 0 aromatic heterocycles. The number of ketones is 1. The Morgan fingerprint density at radius 1 is 1.28 bits per heavy atom. The van der Waals surface area contributed by atoms with Crippen molar-refractivity contribution in [3.63, 3.8) is 0 Å². The molecular formula is C14H21NO2S. The third kappa shape index (κ3) is 4.70. The Hall–Kier alpha value is -1.00. The number of hydrogen-bond donors (Lipinski definition) is 1. The van der Waals surface area contributed by atoms with Crippen molar-refractivity contribution in [3.8, 4) is 0 Å². The molecule has 1 N–H and O–H groups in total. The molecule has 0 aliphatic heterocycles. The summed E-state index contributed by atoms with van der Waals surface area (Å²) < 4.78 is 14.8. The van der Waals surface area contributed by atoms with Crippen molar-refractivity contribution >= 4 is 16.8 Å². The van der Waals surface area contributed by atoms with Gasteiger partial charge in [-0.15, -0.1) is 0 Å². The van der Waals surface area contributed by atoms with Gasteiger partial charge in [0, 0.05) is 6.42 Å². The summed E-state index contributed by atoms with van der Waals surface area (Å²) in [5, 5.41) is 0. The molecule has 0 aliphatic carbocycles. The number of rotatable bonds is 5. The summed E-state index contributed by atoms with van der Waals surface area (Å²) >= 11 is 0. The molecule has 3 nitrogen and oxygen atoms in total. The van der Waals surface area contributed by atoms with Crippen LogP contribution in [-0.2, 0) is 15.8 Å². The van der Waals surface area contributed by atoms with E-state index in [9.17, 15) is 9.00 Å². The fraction of sp³-hybridized carbons (Fsp3) is 0.500. The maximum absolute atomic E-state index is 12.1. The lowest BCUT2D eigenvalue weighted by molar-refractivity contribution is -0.117. The van der Waals surface area contributed by atoms with Crippen LogP contribution in [-0.4, -0.2) is 14.7 Å². The number of carbonyl (C=O) groups excluding carboxylic acids is 1. The molecule has 0 bridgehead atoms. The van der Waals surface area contributed by atoms with Crippen LogP contribution in [0, 0.1) is 0 Å². The quantitative estimate of drug-likeness (QED) is 0.891. The molecular weight excluding hydrogens is 246 g/mol. The molecule has 1 aromatic carbocycles. The van der Waals surface area contributed by atoms with Crippen molar-refractivity contribution in [3.05, 3.63) is 35.9 Å².